The Bertz CT molecular complexity index is 892. The molecule has 0 N–H and O–H groups in total. The zero-order chi connectivity index (χ0) is 17.9. The third-order valence-corrected chi connectivity index (χ3v) is 3.90. The molecule has 3 aromatic heterocycles. The van der Waals surface area contributed by atoms with Crippen molar-refractivity contribution in [2.75, 3.05) is 6.61 Å². The highest BCUT2D eigenvalue weighted by Crippen LogP contribution is 2.18. The standard InChI is InChI=1S/C15H11F3N4O2S/c16-15(17,18)9-24-14-19-6-10(7-20-14)12-3-4-13(23)22(21-12)8-11-2-1-5-25-11/h1-7H,8-9H2. The van der Waals surface area contributed by atoms with Crippen molar-refractivity contribution >= 4 is 11.3 Å². The molecule has 0 aliphatic carbocycles. The molecule has 0 amide bonds. The molecule has 0 bridgehead atoms. The van der Waals surface area contributed by atoms with E-state index in [9.17, 15) is 18.0 Å². The second-order valence-electron chi connectivity index (χ2n) is 4.95. The second-order valence-corrected chi connectivity index (χ2v) is 5.98. The number of ether oxygens (including phenoxy) is 1. The van der Waals surface area contributed by atoms with E-state index in [2.05, 4.69) is 19.8 Å². The van der Waals surface area contributed by atoms with Crippen LogP contribution in [0.25, 0.3) is 11.3 Å². The van der Waals surface area contributed by atoms with Gasteiger partial charge in [-0.05, 0) is 17.5 Å². The van der Waals surface area contributed by atoms with Crippen molar-refractivity contribution in [1.82, 2.24) is 19.7 Å². The highest BCUT2D eigenvalue weighted by molar-refractivity contribution is 7.09. The summed E-state index contributed by atoms with van der Waals surface area (Å²) >= 11 is 1.50. The van der Waals surface area contributed by atoms with Crippen LogP contribution in [0.5, 0.6) is 6.01 Å². The zero-order valence-electron chi connectivity index (χ0n) is 12.6. The van der Waals surface area contributed by atoms with Crippen LogP contribution in [0.4, 0.5) is 13.2 Å². The van der Waals surface area contributed by atoms with Gasteiger partial charge in [-0.1, -0.05) is 6.07 Å². The van der Waals surface area contributed by atoms with Crippen molar-refractivity contribution in [2.45, 2.75) is 12.7 Å². The van der Waals surface area contributed by atoms with E-state index >= 15 is 0 Å². The summed E-state index contributed by atoms with van der Waals surface area (Å²) in [5.74, 6) is 0. The molecule has 3 rings (SSSR count). The summed E-state index contributed by atoms with van der Waals surface area (Å²) in [4.78, 5) is 20.3. The van der Waals surface area contributed by atoms with Gasteiger partial charge in [-0.25, -0.2) is 14.6 Å². The molecule has 0 aliphatic rings. The number of halogens is 3. The third-order valence-electron chi connectivity index (χ3n) is 3.04. The molecule has 10 heteroatoms. The molecule has 130 valence electrons. The number of rotatable bonds is 5. The highest BCUT2D eigenvalue weighted by Gasteiger charge is 2.28. The van der Waals surface area contributed by atoms with Gasteiger partial charge in [0, 0.05) is 28.9 Å². The fourth-order valence-corrected chi connectivity index (χ4v) is 2.62. The van der Waals surface area contributed by atoms with E-state index in [0.717, 1.165) is 4.88 Å². The van der Waals surface area contributed by atoms with Crippen molar-refractivity contribution in [3.05, 3.63) is 57.3 Å². The maximum Gasteiger partial charge on any atom is 0.422 e. The predicted molar refractivity (Wildman–Crippen MR) is 84.5 cm³/mol. The van der Waals surface area contributed by atoms with Gasteiger partial charge in [-0.15, -0.1) is 11.3 Å². The van der Waals surface area contributed by atoms with Gasteiger partial charge in [0.05, 0.1) is 12.2 Å². The molecule has 0 atom stereocenters. The Morgan fingerprint density at radius 2 is 1.92 bits per heavy atom. The van der Waals surface area contributed by atoms with Gasteiger partial charge in [-0.3, -0.25) is 4.79 Å². The average Bonchev–Trinajstić information content (AvgIpc) is 3.08. The van der Waals surface area contributed by atoms with Crippen molar-refractivity contribution in [3.63, 3.8) is 0 Å². The fourth-order valence-electron chi connectivity index (χ4n) is 1.94. The molecule has 0 radical (unpaired) electrons. The largest absolute Gasteiger partial charge is 0.454 e. The number of hydrogen-bond acceptors (Lipinski definition) is 6. The quantitative estimate of drug-likeness (QED) is 0.693. The van der Waals surface area contributed by atoms with Gasteiger partial charge >= 0.3 is 12.2 Å². The van der Waals surface area contributed by atoms with Crippen LogP contribution in [-0.4, -0.2) is 32.5 Å². The molecule has 3 aromatic rings. The number of aromatic nitrogens is 4. The van der Waals surface area contributed by atoms with Crippen LogP contribution in [0.15, 0.2) is 46.8 Å². The summed E-state index contributed by atoms with van der Waals surface area (Å²) in [6.45, 7) is -1.13. The maximum absolute atomic E-state index is 12.1. The van der Waals surface area contributed by atoms with E-state index in [0.29, 0.717) is 17.8 Å². The molecule has 0 spiro atoms. The van der Waals surface area contributed by atoms with E-state index < -0.39 is 12.8 Å². The van der Waals surface area contributed by atoms with Gasteiger partial charge in [0.25, 0.3) is 5.56 Å². The number of alkyl halides is 3. The number of hydrogen-bond donors (Lipinski definition) is 0. The smallest absolute Gasteiger partial charge is 0.422 e. The first kappa shape index (κ1) is 17.1. The van der Waals surface area contributed by atoms with Crippen molar-refractivity contribution in [2.24, 2.45) is 0 Å². The summed E-state index contributed by atoms with van der Waals surface area (Å²) in [7, 11) is 0. The minimum atomic E-state index is -4.46. The van der Waals surface area contributed by atoms with Gasteiger partial charge in [0.2, 0.25) is 0 Å². The minimum Gasteiger partial charge on any atom is -0.454 e. The lowest BCUT2D eigenvalue weighted by Crippen LogP contribution is -2.22. The lowest BCUT2D eigenvalue weighted by Gasteiger charge is -2.08. The van der Waals surface area contributed by atoms with Crippen LogP contribution in [0.1, 0.15) is 4.88 Å². The van der Waals surface area contributed by atoms with Crippen LogP contribution in [0.3, 0.4) is 0 Å². The normalized spacial score (nSPS) is 11.5. The molecule has 6 nitrogen and oxygen atoms in total. The third kappa shape index (κ3) is 4.63. The monoisotopic (exact) mass is 368 g/mol. The Hall–Kier alpha value is -2.75. The number of nitrogens with zero attached hydrogens (tertiary/aromatic N) is 4. The molecule has 0 saturated heterocycles. The first-order chi connectivity index (χ1) is 11.9. The first-order valence-corrected chi connectivity index (χ1v) is 7.91. The van der Waals surface area contributed by atoms with E-state index in [1.165, 1.54) is 40.5 Å². The van der Waals surface area contributed by atoms with Crippen LogP contribution in [-0.2, 0) is 6.54 Å². The fraction of sp³-hybridized carbons (Fsp3) is 0.200. The second kappa shape index (κ2) is 7.01. The lowest BCUT2D eigenvalue weighted by atomic mass is 10.2. The Kier molecular flexibility index (Phi) is 4.79. The highest BCUT2D eigenvalue weighted by atomic mass is 32.1. The average molecular weight is 368 g/mol. The maximum atomic E-state index is 12.1. The van der Waals surface area contributed by atoms with Gasteiger partial charge in [-0.2, -0.15) is 18.3 Å². The molecule has 25 heavy (non-hydrogen) atoms. The number of thiophene rings is 1. The summed E-state index contributed by atoms with van der Waals surface area (Å²) in [5.41, 5.74) is 0.626. The molecular weight excluding hydrogens is 357 g/mol. The predicted octanol–water partition coefficient (Wildman–Crippen LogP) is 2.75. The van der Waals surface area contributed by atoms with Crippen molar-refractivity contribution < 1.29 is 17.9 Å². The van der Waals surface area contributed by atoms with Crippen LogP contribution < -0.4 is 10.3 Å². The molecule has 0 aromatic carbocycles. The van der Waals surface area contributed by atoms with E-state index in [4.69, 9.17) is 0 Å². The van der Waals surface area contributed by atoms with Crippen LogP contribution in [0.2, 0.25) is 0 Å². The summed E-state index contributed by atoms with van der Waals surface area (Å²) < 4.78 is 42.1. The van der Waals surface area contributed by atoms with Gasteiger partial charge in [0.15, 0.2) is 6.61 Å². The van der Waals surface area contributed by atoms with E-state index in [-0.39, 0.29) is 11.6 Å². The Morgan fingerprint density at radius 3 is 2.56 bits per heavy atom. The van der Waals surface area contributed by atoms with Gasteiger partial charge in [0.1, 0.15) is 0 Å². The van der Waals surface area contributed by atoms with E-state index in [1.807, 2.05) is 17.5 Å². The molecule has 0 unspecified atom stereocenters. The van der Waals surface area contributed by atoms with Crippen molar-refractivity contribution in [1.29, 1.82) is 0 Å². The Balaban J connectivity index is 1.78. The zero-order valence-corrected chi connectivity index (χ0v) is 13.4. The molecule has 0 saturated carbocycles. The summed E-state index contributed by atoms with van der Waals surface area (Å²) in [6.07, 6.45) is -1.87. The summed E-state index contributed by atoms with van der Waals surface area (Å²) in [5, 5.41) is 6.14. The molecule has 3 heterocycles. The lowest BCUT2D eigenvalue weighted by molar-refractivity contribution is -0.154. The summed E-state index contributed by atoms with van der Waals surface area (Å²) in [6, 6.07) is 6.25. The van der Waals surface area contributed by atoms with Gasteiger partial charge < -0.3 is 4.74 Å². The Labute approximate surface area is 143 Å². The first-order valence-electron chi connectivity index (χ1n) is 7.03. The van der Waals surface area contributed by atoms with Crippen LogP contribution in [0, 0.1) is 0 Å². The van der Waals surface area contributed by atoms with E-state index in [1.54, 1.807) is 0 Å². The topological polar surface area (TPSA) is 69.9 Å². The molecular formula is C15H11F3N4O2S. The molecule has 0 aliphatic heterocycles. The van der Waals surface area contributed by atoms with Crippen LogP contribution >= 0.6 is 11.3 Å². The SMILES string of the molecule is O=c1ccc(-c2cnc(OCC(F)(F)F)nc2)nn1Cc1cccs1. The minimum absolute atomic E-state index is 0.261. The Morgan fingerprint density at radius 1 is 1.16 bits per heavy atom. The van der Waals surface area contributed by atoms with Crippen molar-refractivity contribution in [3.8, 4) is 17.3 Å². The molecule has 0 fully saturated rings.